The molecule has 1 unspecified atom stereocenters. The Hall–Kier alpha value is -1.51. The Kier molecular flexibility index (Phi) is 4.13. The van der Waals surface area contributed by atoms with Gasteiger partial charge in [0.15, 0.2) is 0 Å². The molecule has 1 aliphatic rings. The van der Waals surface area contributed by atoms with E-state index in [4.69, 9.17) is 6.42 Å². The van der Waals surface area contributed by atoms with Gasteiger partial charge >= 0.3 is 0 Å². The van der Waals surface area contributed by atoms with Gasteiger partial charge in [-0.2, -0.15) is 0 Å². The van der Waals surface area contributed by atoms with E-state index < -0.39 is 0 Å². The largest absolute Gasteiger partial charge is 0.360 e. The Labute approximate surface area is 121 Å². The molecule has 1 aromatic rings. The molecule has 1 amide bonds. The maximum atomic E-state index is 11.8. The van der Waals surface area contributed by atoms with Crippen LogP contribution in [0.15, 0.2) is 16.6 Å². The third-order valence-corrected chi connectivity index (χ3v) is 3.88. The predicted molar refractivity (Wildman–Crippen MR) is 81.3 cm³/mol. The monoisotopic (exact) mass is 321 g/mol. The minimum atomic E-state index is -0.289. The van der Waals surface area contributed by atoms with E-state index in [-0.39, 0.29) is 11.9 Å². The van der Waals surface area contributed by atoms with E-state index in [0.717, 1.165) is 28.0 Å². The molecule has 4 nitrogen and oxygen atoms in total. The topological polar surface area (TPSA) is 44.4 Å². The van der Waals surface area contributed by atoms with Gasteiger partial charge in [0.25, 0.3) is 0 Å². The summed E-state index contributed by atoms with van der Waals surface area (Å²) in [7, 11) is 1.78. The summed E-state index contributed by atoms with van der Waals surface area (Å²) in [5.41, 5.74) is 2.80. The normalized spacial score (nSPS) is 16.7. The van der Waals surface area contributed by atoms with Crippen LogP contribution in [0.4, 0.5) is 11.4 Å². The van der Waals surface area contributed by atoms with E-state index in [9.17, 15) is 4.79 Å². The fraction of sp³-hybridized carbons (Fsp3) is 0.357. The molecule has 0 aliphatic carbocycles. The third kappa shape index (κ3) is 2.46. The third-order valence-electron chi connectivity index (χ3n) is 3.24. The zero-order valence-electron chi connectivity index (χ0n) is 11.0. The number of benzene rings is 1. The number of rotatable bonds is 4. The van der Waals surface area contributed by atoms with Crippen molar-refractivity contribution in [1.82, 2.24) is 5.32 Å². The minimum absolute atomic E-state index is 0.0263. The molecular weight excluding hydrogens is 306 g/mol. The zero-order chi connectivity index (χ0) is 14.0. The molecule has 19 heavy (non-hydrogen) atoms. The zero-order valence-corrected chi connectivity index (χ0v) is 12.5. The molecule has 0 saturated heterocycles. The standard InChI is InChI=1S/C14H16BrN3O/c1-4-6-18(5-2)12-8-11-9(7-10(12)15)13(16-3)14(19)17-11/h1,7-8,13,16H,5-6H2,2-3H3,(H,17,19). The summed E-state index contributed by atoms with van der Waals surface area (Å²) in [6.45, 7) is 3.40. The average Bonchev–Trinajstić information content (AvgIpc) is 2.70. The van der Waals surface area contributed by atoms with Crippen molar-refractivity contribution in [3.8, 4) is 12.3 Å². The van der Waals surface area contributed by atoms with Crippen molar-refractivity contribution in [3.05, 3.63) is 22.2 Å². The number of amides is 1. The SMILES string of the molecule is C#CCN(CC)c1cc2c(cc1Br)C(NC)C(=O)N2. The van der Waals surface area contributed by atoms with Crippen molar-refractivity contribution in [2.75, 3.05) is 30.4 Å². The van der Waals surface area contributed by atoms with Gasteiger partial charge in [0.1, 0.15) is 6.04 Å². The van der Waals surface area contributed by atoms with Crippen LogP contribution >= 0.6 is 15.9 Å². The van der Waals surface area contributed by atoms with E-state index in [1.165, 1.54) is 0 Å². The molecule has 1 aliphatic heterocycles. The molecule has 0 saturated carbocycles. The smallest absolute Gasteiger partial charge is 0.246 e. The highest BCUT2D eigenvalue weighted by Crippen LogP contribution is 2.38. The lowest BCUT2D eigenvalue weighted by atomic mass is 10.1. The van der Waals surface area contributed by atoms with Crippen LogP contribution in [0.2, 0.25) is 0 Å². The number of fused-ring (bicyclic) bond motifs is 1. The summed E-state index contributed by atoms with van der Waals surface area (Å²) in [6.07, 6.45) is 5.38. The van der Waals surface area contributed by atoms with E-state index in [1.807, 2.05) is 19.1 Å². The molecule has 2 rings (SSSR count). The number of halogens is 1. The van der Waals surface area contributed by atoms with E-state index in [2.05, 4.69) is 37.4 Å². The summed E-state index contributed by atoms with van der Waals surface area (Å²) in [6, 6.07) is 3.65. The molecule has 5 heteroatoms. The molecule has 0 spiro atoms. The quantitative estimate of drug-likeness (QED) is 0.835. The summed E-state index contributed by atoms with van der Waals surface area (Å²) in [4.78, 5) is 13.9. The highest BCUT2D eigenvalue weighted by Gasteiger charge is 2.30. The second kappa shape index (κ2) is 5.64. The minimum Gasteiger partial charge on any atom is -0.360 e. The van der Waals surface area contributed by atoms with Crippen LogP contribution in [0.1, 0.15) is 18.5 Å². The first-order chi connectivity index (χ1) is 9.12. The van der Waals surface area contributed by atoms with Gasteiger partial charge in [-0.15, -0.1) is 6.42 Å². The summed E-state index contributed by atoms with van der Waals surface area (Å²) in [5, 5.41) is 5.89. The van der Waals surface area contributed by atoms with Crippen molar-refractivity contribution in [3.63, 3.8) is 0 Å². The average molecular weight is 322 g/mol. The van der Waals surface area contributed by atoms with Crippen LogP contribution in [0.5, 0.6) is 0 Å². The van der Waals surface area contributed by atoms with Crippen LogP contribution in [-0.2, 0) is 4.79 Å². The van der Waals surface area contributed by atoms with E-state index in [0.29, 0.717) is 6.54 Å². The van der Waals surface area contributed by atoms with Gasteiger partial charge in [-0.25, -0.2) is 0 Å². The number of carbonyl (C=O) groups excluding carboxylic acids is 1. The first kappa shape index (κ1) is 13.9. The number of nitrogens with one attached hydrogen (secondary N) is 2. The van der Waals surface area contributed by atoms with Gasteiger partial charge < -0.3 is 15.5 Å². The van der Waals surface area contributed by atoms with Crippen LogP contribution in [0.25, 0.3) is 0 Å². The van der Waals surface area contributed by atoms with Gasteiger partial charge in [0.05, 0.1) is 12.2 Å². The second-order valence-electron chi connectivity index (χ2n) is 4.32. The van der Waals surface area contributed by atoms with E-state index in [1.54, 1.807) is 7.05 Å². The highest BCUT2D eigenvalue weighted by molar-refractivity contribution is 9.10. The fourth-order valence-electron chi connectivity index (χ4n) is 2.28. The molecule has 1 aromatic carbocycles. The number of nitrogens with zero attached hydrogens (tertiary/aromatic N) is 1. The van der Waals surface area contributed by atoms with Crippen LogP contribution in [0.3, 0.4) is 0 Å². The molecule has 0 fully saturated rings. The second-order valence-corrected chi connectivity index (χ2v) is 5.17. The summed E-state index contributed by atoms with van der Waals surface area (Å²) < 4.78 is 0.945. The van der Waals surface area contributed by atoms with Crippen molar-refractivity contribution in [2.24, 2.45) is 0 Å². The lowest BCUT2D eigenvalue weighted by Gasteiger charge is -2.23. The lowest BCUT2D eigenvalue weighted by Crippen LogP contribution is -2.24. The molecule has 1 atom stereocenters. The maximum Gasteiger partial charge on any atom is 0.246 e. The molecule has 0 bridgehead atoms. The van der Waals surface area contributed by atoms with Gasteiger partial charge in [0, 0.05) is 22.3 Å². The van der Waals surface area contributed by atoms with Crippen molar-refractivity contribution < 1.29 is 4.79 Å². The molecule has 2 N–H and O–H groups in total. The van der Waals surface area contributed by atoms with Gasteiger partial charge in [0.2, 0.25) is 5.91 Å². The van der Waals surface area contributed by atoms with Crippen molar-refractivity contribution in [2.45, 2.75) is 13.0 Å². The first-order valence-corrected chi connectivity index (χ1v) is 6.91. The van der Waals surface area contributed by atoms with Crippen molar-refractivity contribution in [1.29, 1.82) is 0 Å². The molecule has 0 radical (unpaired) electrons. The van der Waals surface area contributed by atoms with Crippen LogP contribution in [-0.4, -0.2) is 26.0 Å². The number of hydrogen-bond acceptors (Lipinski definition) is 3. The van der Waals surface area contributed by atoms with Crippen LogP contribution < -0.4 is 15.5 Å². The number of hydrogen-bond donors (Lipinski definition) is 2. The summed E-state index contributed by atoms with van der Waals surface area (Å²) >= 11 is 3.56. The highest BCUT2D eigenvalue weighted by atomic mass is 79.9. The Morgan fingerprint density at radius 3 is 2.89 bits per heavy atom. The summed E-state index contributed by atoms with van der Waals surface area (Å²) in [5.74, 6) is 2.62. The van der Waals surface area contributed by atoms with Crippen LogP contribution in [0, 0.1) is 12.3 Å². The number of terminal acetylenes is 1. The Bertz CT molecular complexity index is 550. The lowest BCUT2D eigenvalue weighted by molar-refractivity contribution is -0.117. The number of anilines is 2. The molecule has 100 valence electrons. The van der Waals surface area contributed by atoms with Gasteiger partial charge in [-0.1, -0.05) is 5.92 Å². The van der Waals surface area contributed by atoms with Gasteiger partial charge in [-0.05, 0) is 42.0 Å². The van der Waals surface area contributed by atoms with Crippen molar-refractivity contribution >= 4 is 33.2 Å². The Balaban J connectivity index is 2.44. The first-order valence-electron chi connectivity index (χ1n) is 6.12. The Morgan fingerprint density at radius 2 is 2.32 bits per heavy atom. The molecule has 0 aromatic heterocycles. The number of likely N-dealkylation sites (N-methyl/N-ethyl adjacent to an activating group) is 1. The fourth-order valence-corrected chi connectivity index (χ4v) is 2.89. The maximum absolute atomic E-state index is 11.8. The Morgan fingerprint density at radius 1 is 1.58 bits per heavy atom. The predicted octanol–water partition coefficient (Wildman–Crippen LogP) is 2.12. The number of carbonyl (C=O) groups is 1. The molecule has 1 heterocycles. The van der Waals surface area contributed by atoms with E-state index >= 15 is 0 Å². The molecular formula is C14H16BrN3O. The van der Waals surface area contributed by atoms with Gasteiger partial charge in [-0.3, -0.25) is 4.79 Å².